The predicted molar refractivity (Wildman–Crippen MR) is 203 cm³/mol. The molecule has 20 atom stereocenters. The molecule has 2 saturated heterocycles. The van der Waals surface area contributed by atoms with Gasteiger partial charge < -0.3 is 69.3 Å². The molecule has 0 bridgehead atoms. The molecule has 0 aromatic heterocycles. The van der Waals surface area contributed by atoms with Gasteiger partial charge in [0, 0.05) is 14.2 Å². The Labute approximate surface area is 331 Å². The van der Waals surface area contributed by atoms with E-state index in [1.165, 1.54) is 14.2 Å². The van der Waals surface area contributed by atoms with Gasteiger partial charge in [0.15, 0.2) is 12.6 Å². The van der Waals surface area contributed by atoms with Crippen molar-refractivity contribution in [2.24, 2.45) is 40.4 Å². The Hall–Kier alpha value is -1.08. The van der Waals surface area contributed by atoms with Crippen LogP contribution in [0.2, 0.25) is 0 Å². The lowest BCUT2D eigenvalue weighted by Crippen LogP contribution is -2.60. The van der Waals surface area contributed by atoms with E-state index in [9.17, 15) is 40.9 Å². The first-order chi connectivity index (χ1) is 26.4. The minimum atomic E-state index is -1.41. The Morgan fingerprint density at radius 3 is 2.20 bits per heavy atom. The first-order valence-corrected chi connectivity index (χ1v) is 20.8. The topological polar surface area (TPSA) is 217 Å². The summed E-state index contributed by atoms with van der Waals surface area (Å²) < 4.78 is 36.2. The van der Waals surface area contributed by atoms with Crippen LogP contribution in [-0.4, -0.2) is 154 Å². The van der Waals surface area contributed by atoms with Crippen molar-refractivity contribution in [1.82, 2.24) is 0 Å². The van der Waals surface area contributed by atoms with Gasteiger partial charge in [-0.3, -0.25) is 0 Å². The van der Waals surface area contributed by atoms with E-state index in [2.05, 4.69) is 41.2 Å². The molecule has 6 rings (SSSR count). The summed E-state index contributed by atoms with van der Waals surface area (Å²) in [7, 11) is 2.82. The maximum absolute atomic E-state index is 12.5. The third-order valence-electron chi connectivity index (χ3n) is 15.1. The van der Waals surface area contributed by atoms with Gasteiger partial charge in [0.25, 0.3) is 0 Å². The van der Waals surface area contributed by atoms with Crippen LogP contribution >= 0.6 is 0 Å². The quantitative estimate of drug-likeness (QED) is 0.111. The molecular formula is C42H70O14. The standard InChI is InChI=1S/C42H70O14/c1-19(2)20(3)9-10-21(4)30-28(53-39-33(49)32(48)35(54-39)27(46)18-51-7)16-24-29-23(12-14-42(24,30)6)41(5)13-11-22(44)15-25(41)31(47)37(29)56-40-34(50)38(52-8)36(55-40)26(45)17-43/h19,21-23,25-28,30-40,43-50H,3,9-18H2,1-2,4-8H3/t21-,22-,23+,25-,26-,27-,28-,30+,31+,32-,33-,34-,35+,36+,37-,38-,39-,40+,41-,42+/m1/s1. The number of ether oxygens (including phenoxy) is 6. The van der Waals surface area contributed by atoms with Crippen LogP contribution in [0.25, 0.3) is 0 Å². The molecule has 56 heavy (non-hydrogen) atoms. The van der Waals surface area contributed by atoms with Gasteiger partial charge >= 0.3 is 0 Å². The number of allylic oxidation sites excluding steroid dienone is 1. The number of hydrogen-bond acceptors (Lipinski definition) is 14. The maximum atomic E-state index is 12.5. The molecule has 0 aromatic rings. The van der Waals surface area contributed by atoms with Gasteiger partial charge in [-0.1, -0.05) is 52.3 Å². The molecule has 14 nitrogen and oxygen atoms in total. The molecule has 5 fully saturated rings. The van der Waals surface area contributed by atoms with Crippen molar-refractivity contribution in [3.63, 3.8) is 0 Å². The summed E-state index contributed by atoms with van der Waals surface area (Å²) in [5.74, 6) is 0.000985. The second kappa shape index (κ2) is 17.5. The van der Waals surface area contributed by atoms with Crippen molar-refractivity contribution < 1.29 is 69.3 Å². The molecule has 2 aliphatic heterocycles. The molecule has 14 heteroatoms. The average Bonchev–Trinajstić information content (AvgIpc) is 3.75. The molecule has 0 aromatic carbocycles. The van der Waals surface area contributed by atoms with E-state index >= 15 is 0 Å². The van der Waals surface area contributed by atoms with Crippen LogP contribution in [0.4, 0.5) is 0 Å². The lowest BCUT2D eigenvalue weighted by molar-refractivity contribution is -0.236. The van der Waals surface area contributed by atoms with Crippen molar-refractivity contribution in [1.29, 1.82) is 0 Å². The maximum Gasteiger partial charge on any atom is 0.187 e. The Bertz CT molecular complexity index is 1390. The fourth-order valence-corrected chi connectivity index (χ4v) is 11.8. The summed E-state index contributed by atoms with van der Waals surface area (Å²) in [6, 6.07) is 0. The van der Waals surface area contributed by atoms with E-state index in [0.717, 1.165) is 42.4 Å². The van der Waals surface area contributed by atoms with Crippen molar-refractivity contribution in [3.8, 4) is 0 Å². The zero-order valence-electron chi connectivity index (χ0n) is 34.3. The molecule has 4 aliphatic carbocycles. The Balaban J connectivity index is 1.42. The molecular weight excluding hydrogens is 728 g/mol. The molecule has 0 spiro atoms. The Morgan fingerprint density at radius 2 is 1.55 bits per heavy atom. The third kappa shape index (κ3) is 7.84. The van der Waals surface area contributed by atoms with Crippen molar-refractivity contribution in [3.05, 3.63) is 23.3 Å². The van der Waals surface area contributed by atoms with E-state index in [1.54, 1.807) is 0 Å². The summed E-state index contributed by atoms with van der Waals surface area (Å²) in [6.07, 6.45) is -10.0. The van der Waals surface area contributed by atoms with Crippen LogP contribution in [0.15, 0.2) is 23.3 Å². The summed E-state index contributed by atoms with van der Waals surface area (Å²) in [4.78, 5) is 0. The van der Waals surface area contributed by atoms with Crippen LogP contribution in [-0.2, 0) is 28.4 Å². The van der Waals surface area contributed by atoms with Crippen molar-refractivity contribution >= 4 is 0 Å². The molecule has 8 N–H and O–H groups in total. The van der Waals surface area contributed by atoms with Gasteiger partial charge in [0.1, 0.15) is 54.9 Å². The van der Waals surface area contributed by atoms with E-state index in [1.807, 2.05) is 0 Å². The smallest absolute Gasteiger partial charge is 0.187 e. The van der Waals surface area contributed by atoms with Crippen LogP contribution in [0.3, 0.4) is 0 Å². The van der Waals surface area contributed by atoms with Crippen LogP contribution in [0.1, 0.15) is 86.0 Å². The SMILES string of the molecule is C=C(CC[C@@H](C)[C@H]1[C@H](O[C@@H]2O[C@@H]([C@H](O)COC)[C@H](O)[C@H]2O)CC2=C3[C@@H](O[C@@H]4O[C@@H]([C@H](O)CO)[C@H](OC)[C@H]4O)[C@@H](O)[C@H]4C[C@H](O)CC[C@]4(C)[C@H]3CC[C@@]21C)C(C)C. The second-order valence-electron chi connectivity index (χ2n) is 18.6. The largest absolute Gasteiger partial charge is 0.394 e. The molecule has 0 amide bonds. The van der Waals surface area contributed by atoms with Gasteiger partial charge in [-0.25, -0.2) is 0 Å². The fourth-order valence-electron chi connectivity index (χ4n) is 11.8. The Kier molecular flexibility index (Phi) is 13.9. The van der Waals surface area contributed by atoms with Crippen molar-refractivity contribution in [2.45, 2.75) is 172 Å². The van der Waals surface area contributed by atoms with Gasteiger partial charge in [-0.15, -0.1) is 0 Å². The van der Waals surface area contributed by atoms with E-state index in [-0.39, 0.29) is 35.7 Å². The number of fused-ring (bicyclic) bond motifs is 4. The number of hydrogen-bond donors (Lipinski definition) is 8. The van der Waals surface area contributed by atoms with Gasteiger partial charge in [-0.05, 0) is 97.4 Å². The summed E-state index contributed by atoms with van der Waals surface area (Å²) in [5.41, 5.74) is 2.36. The lowest BCUT2D eigenvalue weighted by Gasteiger charge is -2.60. The molecule has 6 aliphatic rings. The van der Waals surface area contributed by atoms with Gasteiger partial charge in [-0.2, -0.15) is 0 Å². The van der Waals surface area contributed by atoms with Crippen LogP contribution in [0.5, 0.6) is 0 Å². The minimum Gasteiger partial charge on any atom is -0.394 e. The third-order valence-corrected chi connectivity index (χ3v) is 15.1. The first-order valence-electron chi connectivity index (χ1n) is 20.8. The summed E-state index contributed by atoms with van der Waals surface area (Å²) >= 11 is 0. The Morgan fingerprint density at radius 1 is 0.875 bits per heavy atom. The number of methoxy groups -OCH3 is 2. The minimum absolute atomic E-state index is 0.0359. The van der Waals surface area contributed by atoms with E-state index in [0.29, 0.717) is 31.6 Å². The van der Waals surface area contributed by atoms with Gasteiger partial charge in [0.2, 0.25) is 0 Å². The molecule has 3 saturated carbocycles. The highest BCUT2D eigenvalue weighted by Gasteiger charge is 2.64. The number of aliphatic hydroxyl groups is 8. The zero-order valence-corrected chi connectivity index (χ0v) is 34.3. The second-order valence-corrected chi connectivity index (χ2v) is 18.6. The molecule has 2 heterocycles. The van der Waals surface area contributed by atoms with Crippen molar-refractivity contribution in [2.75, 3.05) is 27.4 Å². The highest BCUT2D eigenvalue weighted by Crippen LogP contribution is 2.67. The summed E-state index contributed by atoms with van der Waals surface area (Å²) in [5, 5.41) is 87.9. The lowest BCUT2D eigenvalue weighted by atomic mass is 9.47. The van der Waals surface area contributed by atoms with E-state index < -0.39 is 97.8 Å². The molecule has 0 unspecified atom stereocenters. The molecule has 0 radical (unpaired) electrons. The van der Waals surface area contributed by atoms with Gasteiger partial charge in [0.05, 0.1) is 31.5 Å². The fraction of sp³-hybridized carbons (Fsp3) is 0.905. The predicted octanol–water partition coefficient (Wildman–Crippen LogP) is 1.57. The zero-order chi connectivity index (χ0) is 41.0. The summed E-state index contributed by atoms with van der Waals surface area (Å²) in [6.45, 7) is 14.6. The highest BCUT2D eigenvalue weighted by atomic mass is 16.7. The van der Waals surface area contributed by atoms with E-state index in [4.69, 9.17) is 28.4 Å². The van der Waals surface area contributed by atoms with Crippen LogP contribution in [0, 0.1) is 40.4 Å². The molecule has 322 valence electrons. The van der Waals surface area contributed by atoms with Crippen LogP contribution < -0.4 is 0 Å². The number of rotatable bonds is 15. The highest BCUT2D eigenvalue weighted by molar-refractivity contribution is 5.40. The normalized spacial score (nSPS) is 46.8. The first kappa shape index (κ1) is 44.5. The average molecular weight is 799 g/mol. The number of aliphatic hydroxyl groups excluding tert-OH is 8. The monoisotopic (exact) mass is 798 g/mol.